The molecule has 4 rings (SSSR count). The highest BCUT2D eigenvalue weighted by molar-refractivity contribution is 5.80. The molecule has 1 fully saturated rings. The van der Waals surface area contributed by atoms with Gasteiger partial charge in [-0.1, -0.05) is 36.4 Å². The number of benzene rings is 2. The number of ether oxygens (including phenoxy) is 1. The van der Waals surface area contributed by atoms with Crippen LogP contribution < -0.4 is 5.32 Å². The third kappa shape index (κ3) is 5.30. The molecule has 2 aromatic carbocycles. The second-order valence-electron chi connectivity index (χ2n) is 7.76. The Morgan fingerprint density at radius 3 is 2.61 bits per heavy atom. The van der Waals surface area contributed by atoms with Crippen molar-refractivity contribution in [3.63, 3.8) is 0 Å². The molecule has 0 radical (unpaired) electrons. The maximum Gasteiger partial charge on any atom is 0.194 e. The van der Waals surface area contributed by atoms with Crippen molar-refractivity contribution >= 4 is 5.96 Å². The second-order valence-corrected chi connectivity index (χ2v) is 7.76. The van der Waals surface area contributed by atoms with Crippen molar-refractivity contribution < 1.29 is 9.13 Å². The lowest BCUT2D eigenvalue weighted by Crippen LogP contribution is -2.50. The summed E-state index contributed by atoms with van der Waals surface area (Å²) in [5.41, 5.74) is 3.39. The van der Waals surface area contributed by atoms with Gasteiger partial charge in [0.1, 0.15) is 11.9 Å². The van der Waals surface area contributed by atoms with Gasteiger partial charge in [0.15, 0.2) is 5.96 Å². The fourth-order valence-corrected chi connectivity index (χ4v) is 3.95. The summed E-state index contributed by atoms with van der Waals surface area (Å²) in [5, 5.41) is 7.82. The van der Waals surface area contributed by atoms with Crippen LogP contribution in [-0.2, 0) is 17.8 Å². The van der Waals surface area contributed by atoms with Crippen LogP contribution in [0.1, 0.15) is 29.7 Å². The number of nitrogens with one attached hydrogen (secondary N) is 1. The molecule has 1 aliphatic rings. The van der Waals surface area contributed by atoms with E-state index < -0.39 is 0 Å². The van der Waals surface area contributed by atoms with Gasteiger partial charge in [0.05, 0.1) is 19.2 Å². The third-order valence-electron chi connectivity index (χ3n) is 5.46. The van der Waals surface area contributed by atoms with Crippen LogP contribution >= 0.6 is 0 Å². The zero-order chi connectivity index (χ0) is 21.6. The average Bonchev–Trinajstić information content (AvgIpc) is 3.28. The Balaban J connectivity index is 1.44. The van der Waals surface area contributed by atoms with E-state index in [0.717, 1.165) is 24.6 Å². The molecular formula is C24H28FN5O. The van der Waals surface area contributed by atoms with Crippen molar-refractivity contribution in [3.05, 3.63) is 89.5 Å². The lowest BCUT2D eigenvalue weighted by atomic mass is 10.1. The lowest BCUT2D eigenvalue weighted by Gasteiger charge is -2.38. The summed E-state index contributed by atoms with van der Waals surface area (Å²) < 4.78 is 21.4. The average molecular weight is 422 g/mol. The van der Waals surface area contributed by atoms with E-state index in [2.05, 4.69) is 39.4 Å². The molecular weight excluding hydrogens is 393 g/mol. The smallest absolute Gasteiger partial charge is 0.194 e. The van der Waals surface area contributed by atoms with Crippen LogP contribution in [0.5, 0.6) is 0 Å². The molecule has 0 spiro atoms. The molecule has 1 aliphatic heterocycles. The predicted molar refractivity (Wildman–Crippen MR) is 119 cm³/mol. The third-order valence-corrected chi connectivity index (χ3v) is 5.46. The summed E-state index contributed by atoms with van der Waals surface area (Å²) in [6, 6.07) is 16.8. The molecule has 3 aromatic rings. The topological polar surface area (TPSA) is 54.7 Å². The fraction of sp³-hybridized carbons (Fsp3) is 0.333. The highest BCUT2D eigenvalue weighted by atomic mass is 19.1. The molecule has 162 valence electrons. The Morgan fingerprint density at radius 1 is 1.13 bits per heavy atom. The van der Waals surface area contributed by atoms with Gasteiger partial charge in [-0.15, -0.1) is 0 Å². The number of halogens is 1. The number of aromatic nitrogens is 2. The lowest BCUT2D eigenvalue weighted by molar-refractivity contribution is -0.0605. The summed E-state index contributed by atoms with van der Waals surface area (Å²) in [6.07, 6.45) is 3.66. The number of nitrogens with zero attached hydrogens (tertiary/aromatic N) is 4. The molecule has 0 saturated carbocycles. The first kappa shape index (κ1) is 21.1. The first-order valence-corrected chi connectivity index (χ1v) is 10.5. The van der Waals surface area contributed by atoms with Crippen LogP contribution in [0.15, 0.2) is 72.0 Å². The monoisotopic (exact) mass is 421 g/mol. The Kier molecular flexibility index (Phi) is 6.62. The Morgan fingerprint density at radius 2 is 1.90 bits per heavy atom. The SMILES string of the molecule is CN=C(NCc1ccccc1Cn1cccn1)N1CC(C)OC(c2ccc(F)cc2)C1. The van der Waals surface area contributed by atoms with Crippen molar-refractivity contribution in [2.45, 2.75) is 32.2 Å². The minimum absolute atomic E-state index is 0.0365. The van der Waals surface area contributed by atoms with Crippen LogP contribution in [0, 0.1) is 5.82 Å². The standard InChI is InChI=1S/C24H28FN5O/c1-18-15-29(17-23(31-18)19-8-10-22(25)11-9-19)24(26-2)27-14-20-6-3-4-7-21(20)16-30-13-5-12-28-30/h3-13,18,23H,14-17H2,1-2H3,(H,26,27). The van der Waals surface area contributed by atoms with Gasteiger partial charge in [0.25, 0.3) is 0 Å². The van der Waals surface area contributed by atoms with Gasteiger partial charge in [-0.25, -0.2) is 4.39 Å². The molecule has 6 nitrogen and oxygen atoms in total. The molecule has 7 heteroatoms. The number of guanidine groups is 1. The molecule has 2 heterocycles. The van der Waals surface area contributed by atoms with Gasteiger partial charge >= 0.3 is 0 Å². The molecule has 1 N–H and O–H groups in total. The van der Waals surface area contributed by atoms with E-state index in [1.807, 2.05) is 29.1 Å². The van der Waals surface area contributed by atoms with E-state index in [4.69, 9.17) is 4.74 Å². The van der Waals surface area contributed by atoms with E-state index in [9.17, 15) is 4.39 Å². The number of aliphatic imine (C=N–C) groups is 1. The summed E-state index contributed by atoms with van der Waals surface area (Å²) in [5.74, 6) is 0.590. The zero-order valence-electron chi connectivity index (χ0n) is 17.9. The Labute approximate surface area is 182 Å². The molecule has 0 aliphatic carbocycles. The minimum atomic E-state index is -0.240. The second kappa shape index (κ2) is 9.75. The van der Waals surface area contributed by atoms with E-state index in [1.165, 1.54) is 23.3 Å². The largest absolute Gasteiger partial charge is 0.367 e. The fourth-order valence-electron chi connectivity index (χ4n) is 3.95. The van der Waals surface area contributed by atoms with Gasteiger partial charge in [0.2, 0.25) is 0 Å². The molecule has 1 saturated heterocycles. The van der Waals surface area contributed by atoms with E-state index in [1.54, 1.807) is 25.4 Å². The zero-order valence-corrected chi connectivity index (χ0v) is 17.9. The highest BCUT2D eigenvalue weighted by Crippen LogP contribution is 2.25. The van der Waals surface area contributed by atoms with Gasteiger partial charge < -0.3 is 15.0 Å². The molecule has 2 atom stereocenters. The Bertz CT molecular complexity index is 1000. The number of hydrogen-bond acceptors (Lipinski definition) is 3. The molecule has 31 heavy (non-hydrogen) atoms. The first-order chi connectivity index (χ1) is 15.1. The minimum Gasteiger partial charge on any atom is -0.367 e. The van der Waals surface area contributed by atoms with Crippen LogP contribution in [0.3, 0.4) is 0 Å². The van der Waals surface area contributed by atoms with E-state index >= 15 is 0 Å². The van der Waals surface area contributed by atoms with Crippen molar-refractivity contribution in [1.29, 1.82) is 0 Å². The van der Waals surface area contributed by atoms with E-state index in [-0.39, 0.29) is 18.0 Å². The normalized spacial score (nSPS) is 19.5. The number of rotatable bonds is 5. The molecule has 2 unspecified atom stereocenters. The van der Waals surface area contributed by atoms with Crippen molar-refractivity contribution in [2.75, 3.05) is 20.1 Å². The number of hydrogen-bond donors (Lipinski definition) is 1. The molecule has 1 aromatic heterocycles. The van der Waals surface area contributed by atoms with Crippen molar-refractivity contribution in [1.82, 2.24) is 20.0 Å². The first-order valence-electron chi connectivity index (χ1n) is 10.5. The van der Waals surface area contributed by atoms with Gasteiger partial charge in [-0.2, -0.15) is 5.10 Å². The van der Waals surface area contributed by atoms with Crippen molar-refractivity contribution in [2.24, 2.45) is 4.99 Å². The Hall–Kier alpha value is -3.19. The van der Waals surface area contributed by atoms with Crippen LogP contribution in [0.25, 0.3) is 0 Å². The summed E-state index contributed by atoms with van der Waals surface area (Å²) >= 11 is 0. The van der Waals surface area contributed by atoms with Gasteiger partial charge in [-0.3, -0.25) is 9.67 Å². The summed E-state index contributed by atoms with van der Waals surface area (Å²) in [7, 11) is 1.80. The molecule has 0 bridgehead atoms. The quantitative estimate of drug-likeness (QED) is 0.505. The van der Waals surface area contributed by atoms with Gasteiger partial charge in [0, 0.05) is 32.5 Å². The van der Waals surface area contributed by atoms with Crippen molar-refractivity contribution in [3.8, 4) is 0 Å². The summed E-state index contributed by atoms with van der Waals surface area (Å²) in [6.45, 7) is 4.84. The molecule has 0 amide bonds. The maximum absolute atomic E-state index is 13.3. The predicted octanol–water partition coefficient (Wildman–Crippen LogP) is 3.61. The van der Waals surface area contributed by atoms with Crippen LogP contribution in [0.4, 0.5) is 4.39 Å². The highest BCUT2D eigenvalue weighted by Gasteiger charge is 2.28. The van der Waals surface area contributed by atoms with Crippen LogP contribution in [0.2, 0.25) is 0 Å². The van der Waals surface area contributed by atoms with E-state index in [0.29, 0.717) is 13.1 Å². The summed E-state index contributed by atoms with van der Waals surface area (Å²) in [4.78, 5) is 6.71. The van der Waals surface area contributed by atoms with Gasteiger partial charge in [-0.05, 0) is 41.8 Å². The maximum atomic E-state index is 13.3. The van der Waals surface area contributed by atoms with Crippen LogP contribution in [-0.4, -0.2) is 46.9 Å². The number of morpholine rings is 1.